The summed E-state index contributed by atoms with van der Waals surface area (Å²) in [5.41, 5.74) is -0.346. The largest absolute Gasteiger partial charge is 0.487 e. The first-order valence-corrected chi connectivity index (χ1v) is 10.2. The van der Waals surface area contributed by atoms with Crippen LogP contribution in [-0.4, -0.2) is 38.5 Å². The molecular formula is C18H25ClFNO4S. The smallest absolute Gasteiger partial charge is 0.250 e. The van der Waals surface area contributed by atoms with Crippen molar-refractivity contribution in [3.8, 4) is 0 Å². The van der Waals surface area contributed by atoms with Crippen molar-refractivity contribution in [2.45, 2.75) is 52.3 Å². The van der Waals surface area contributed by atoms with Crippen LogP contribution in [0.3, 0.4) is 0 Å². The van der Waals surface area contributed by atoms with Crippen LogP contribution in [-0.2, 0) is 19.8 Å². The highest BCUT2D eigenvalue weighted by Gasteiger charge is 2.39. The van der Waals surface area contributed by atoms with Gasteiger partial charge in [-0.3, -0.25) is 4.79 Å². The second-order valence-electron chi connectivity index (χ2n) is 7.30. The molecule has 0 aromatic carbocycles. The van der Waals surface area contributed by atoms with E-state index >= 15 is 0 Å². The average Bonchev–Trinajstić information content (AvgIpc) is 2.56. The minimum atomic E-state index is -2.90. The number of carbonyl (C=O) groups excluding carboxylic acids is 1. The lowest BCUT2D eigenvalue weighted by Gasteiger charge is -2.38. The van der Waals surface area contributed by atoms with Gasteiger partial charge in [0, 0.05) is 7.05 Å². The van der Waals surface area contributed by atoms with Crippen molar-refractivity contribution in [2.24, 2.45) is 17.8 Å². The Bertz CT molecular complexity index is 764. The normalized spacial score (nSPS) is 29.5. The molecule has 26 heavy (non-hydrogen) atoms. The summed E-state index contributed by atoms with van der Waals surface area (Å²) in [5, 5.41) is 2.21. The number of carbonyl (C=O) groups is 1. The van der Waals surface area contributed by atoms with Gasteiger partial charge in [0.05, 0.1) is 10.6 Å². The topological polar surface area (TPSA) is 72.5 Å². The van der Waals surface area contributed by atoms with Gasteiger partial charge in [0.1, 0.15) is 6.10 Å². The second kappa shape index (κ2) is 8.57. The van der Waals surface area contributed by atoms with Gasteiger partial charge in [-0.1, -0.05) is 38.8 Å². The summed E-state index contributed by atoms with van der Waals surface area (Å²) in [4.78, 5) is 11.2. The van der Waals surface area contributed by atoms with Crippen molar-refractivity contribution in [1.82, 2.24) is 5.32 Å². The predicted octanol–water partition coefficient (Wildman–Crippen LogP) is 2.99. The van der Waals surface area contributed by atoms with Crippen molar-refractivity contribution in [3.05, 3.63) is 22.4 Å². The first kappa shape index (κ1) is 21.0. The van der Waals surface area contributed by atoms with Crippen LogP contribution in [0.15, 0.2) is 22.4 Å². The molecule has 2 rings (SSSR count). The summed E-state index contributed by atoms with van der Waals surface area (Å²) in [7, 11) is -1.57. The number of alkyl halides is 1. The summed E-state index contributed by atoms with van der Waals surface area (Å²) < 4.78 is 44.2. The standard InChI is InChI=1S/C18H25ClFNO4S/c1-9(2)11-6-5-10(3)7-14(11)25-16-13(19)8-12(18(22)21-4)15(20)17(16)26(23)24/h8-11,14-15H,5-7H2,1-4H3,(H,21,22)/t10-,11+,14-,15?/m0/s1. The molecule has 2 aliphatic rings. The maximum atomic E-state index is 14.8. The molecule has 0 bridgehead atoms. The highest BCUT2D eigenvalue weighted by atomic mass is 35.5. The zero-order valence-electron chi connectivity index (χ0n) is 15.4. The Morgan fingerprint density at radius 2 is 2.04 bits per heavy atom. The lowest BCUT2D eigenvalue weighted by molar-refractivity contribution is -0.117. The van der Waals surface area contributed by atoms with Crippen LogP contribution in [0.1, 0.15) is 40.0 Å². The van der Waals surface area contributed by atoms with Crippen molar-refractivity contribution < 1.29 is 22.3 Å². The molecule has 1 unspecified atom stereocenters. The number of nitrogens with one attached hydrogen (secondary N) is 1. The van der Waals surface area contributed by atoms with E-state index < -0.39 is 27.2 Å². The number of ether oxygens (including phenoxy) is 1. The van der Waals surface area contributed by atoms with E-state index in [4.69, 9.17) is 16.3 Å². The molecule has 0 aromatic heterocycles. The van der Waals surface area contributed by atoms with Crippen LogP contribution >= 0.6 is 11.6 Å². The van der Waals surface area contributed by atoms with E-state index in [0.29, 0.717) is 11.8 Å². The van der Waals surface area contributed by atoms with Gasteiger partial charge in [-0.15, -0.1) is 0 Å². The summed E-state index contributed by atoms with van der Waals surface area (Å²) >= 11 is 6.20. The van der Waals surface area contributed by atoms with Crippen LogP contribution in [0, 0.1) is 17.8 Å². The van der Waals surface area contributed by atoms with Crippen molar-refractivity contribution in [1.29, 1.82) is 0 Å². The van der Waals surface area contributed by atoms with E-state index in [1.165, 1.54) is 7.05 Å². The Hall–Kier alpha value is -1.34. The van der Waals surface area contributed by atoms with E-state index in [9.17, 15) is 17.6 Å². The molecule has 8 heteroatoms. The molecule has 0 saturated heterocycles. The third-order valence-corrected chi connectivity index (χ3v) is 6.16. The molecule has 1 saturated carbocycles. The monoisotopic (exact) mass is 405 g/mol. The second-order valence-corrected chi connectivity index (χ2v) is 8.62. The zero-order valence-corrected chi connectivity index (χ0v) is 17.0. The number of likely N-dealkylation sites (N-methyl/N-ethyl adjacent to an activating group) is 1. The van der Waals surface area contributed by atoms with Crippen LogP contribution in [0.5, 0.6) is 0 Å². The summed E-state index contributed by atoms with van der Waals surface area (Å²) in [6.07, 6.45) is 1.58. The van der Waals surface area contributed by atoms with Gasteiger partial charge in [-0.05, 0) is 36.7 Å². The molecule has 146 valence electrons. The summed E-state index contributed by atoms with van der Waals surface area (Å²) in [5.74, 6) is 0.105. The van der Waals surface area contributed by atoms with Crippen molar-refractivity contribution >= 4 is 32.7 Å². The first-order chi connectivity index (χ1) is 12.2. The fraction of sp³-hybridized carbons (Fsp3) is 0.667. The van der Waals surface area contributed by atoms with Gasteiger partial charge in [-0.25, -0.2) is 4.39 Å². The Morgan fingerprint density at radius 3 is 2.58 bits per heavy atom. The van der Waals surface area contributed by atoms with Gasteiger partial charge < -0.3 is 10.1 Å². The van der Waals surface area contributed by atoms with E-state index in [-0.39, 0.29) is 28.4 Å². The molecule has 0 aromatic rings. The van der Waals surface area contributed by atoms with Crippen LogP contribution in [0.2, 0.25) is 0 Å². The third-order valence-electron chi connectivity index (χ3n) is 5.13. The first-order valence-electron chi connectivity index (χ1n) is 8.78. The third kappa shape index (κ3) is 4.31. The van der Waals surface area contributed by atoms with Crippen LogP contribution in [0.25, 0.3) is 0 Å². The number of hydrogen-bond acceptors (Lipinski definition) is 4. The Kier molecular flexibility index (Phi) is 6.91. The molecule has 0 radical (unpaired) electrons. The van der Waals surface area contributed by atoms with Gasteiger partial charge in [0.25, 0.3) is 0 Å². The van der Waals surface area contributed by atoms with Crippen molar-refractivity contribution in [3.63, 3.8) is 0 Å². The summed E-state index contributed by atoms with van der Waals surface area (Å²) in [6.45, 7) is 6.29. The Labute approximate surface area is 160 Å². The van der Waals surface area contributed by atoms with Crippen molar-refractivity contribution in [2.75, 3.05) is 7.05 Å². The highest BCUT2D eigenvalue weighted by molar-refractivity contribution is 7.73. The number of hydrogen-bond donors (Lipinski definition) is 1. The maximum Gasteiger partial charge on any atom is 0.250 e. The zero-order chi connectivity index (χ0) is 19.6. The lowest BCUT2D eigenvalue weighted by atomic mass is 9.75. The molecule has 0 spiro atoms. The molecule has 4 atom stereocenters. The minimum Gasteiger partial charge on any atom is -0.487 e. The number of amides is 1. The number of halogens is 2. The minimum absolute atomic E-state index is 0.0718. The van der Waals surface area contributed by atoms with Gasteiger partial charge in [0.2, 0.25) is 16.2 Å². The van der Waals surface area contributed by atoms with E-state index in [1.807, 2.05) is 0 Å². The quantitative estimate of drug-likeness (QED) is 0.730. The molecule has 2 aliphatic carbocycles. The highest BCUT2D eigenvalue weighted by Crippen LogP contribution is 2.38. The number of rotatable bonds is 4. The molecule has 1 fully saturated rings. The van der Waals surface area contributed by atoms with Gasteiger partial charge >= 0.3 is 0 Å². The fourth-order valence-electron chi connectivity index (χ4n) is 3.65. The molecule has 1 N–H and O–H groups in total. The molecule has 5 nitrogen and oxygen atoms in total. The van der Waals surface area contributed by atoms with Crippen LogP contribution in [0.4, 0.5) is 4.39 Å². The summed E-state index contributed by atoms with van der Waals surface area (Å²) in [6, 6.07) is 0. The van der Waals surface area contributed by atoms with E-state index in [1.54, 1.807) is 0 Å². The van der Waals surface area contributed by atoms with E-state index in [0.717, 1.165) is 25.3 Å². The predicted molar refractivity (Wildman–Crippen MR) is 100 cm³/mol. The lowest BCUT2D eigenvalue weighted by Crippen LogP contribution is -2.39. The van der Waals surface area contributed by atoms with Crippen LogP contribution < -0.4 is 5.32 Å². The molecule has 1 amide bonds. The SMILES string of the molecule is CNC(=O)C1=CC(Cl)=C(O[C@H]2C[C@@H](C)CC[C@@H]2C(C)C)C(=S(=O)=O)C1F. The van der Waals surface area contributed by atoms with Gasteiger partial charge in [0.15, 0.2) is 16.8 Å². The molecular weight excluding hydrogens is 381 g/mol. The van der Waals surface area contributed by atoms with E-state index in [2.05, 4.69) is 26.1 Å². The van der Waals surface area contributed by atoms with Gasteiger partial charge in [-0.2, -0.15) is 8.42 Å². The maximum absolute atomic E-state index is 14.8. The fourth-order valence-corrected chi connectivity index (χ4v) is 4.58. The molecule has 0 heterocycles. The molecule has 0 aliphatic heterocycles. The average molecular weight is 406 g/mol. The Morgan fingerprint density at radius 1 is 1.38 bits per heavy atom. The Balaban J connectivity index is 2.46. The number of allylic oxidation sites excluding steroid dienone is 3.